The van der Waals surface area contributed by atoms with Gasteiger partial charge >= 0.3 is 5.97 Å². The van der Waals surface area contributed by atoms with Crippen LogP contribution in [0.3, 0.4) is 0 Å². The van der Waals surface area contributed by atoms with E-state index in [-0.39, 0.29) is 12.1 Å². The van der Waals surface area contributed by atoms with Crippen molar-refractivity contribution in [2.75, 3.05) is 0 Å². The lowest BCUT2D eigenvalue weighted by Crippen LogP contribution is -2.50. The highest BCUT2D eigenvalue weighted by Crippen LogP contribution is 2.38. The summed E-state index contributed by atoms with van der Waals surface area (Å²) in [4.78, 5) is 11.3. The Hall–Kier alpha value is -1.86. The van der Waals surface area contributed by atoms with Crippen LogP contribution in [0.2, 0.25) is 0 Å². The minimum atomic E-state index is -0.964. The fourth-order valence-corrected chi connectivity index (χ4v) is 2.07. The molecule has 1 aliphatic rings. The molecule has 0 aromatic heterocycles. The number of ether oxygens (including phenoxy) is 2. The average Bonchev–Trinajstić information content (AvgIpc) is 2.42. The van der Waals surface area contributed by atoms with Crippen LogP contribution >= 0.6 is 0 Å². The molecule has 0 aliphatic heterocycles. The molecule has 1 saturated carbocycles. The number of carbonyl (C=O) groups excluding carboxylic acids is 1. The van der Waals surface area contributed by atoms with E-state index in [1.165, 1.54) is 0 Å². The van der Waals surface area contributed by atoms with Gasteiger partial charge in [0.2, 0.25) is 5.60 Å². The largest absolute Gasteiger partial charge is 0.443 e. The van der Waals surface area contributed by atoms with Gasteiger partial charge in [0.25, 0.3) is 0 Å². The summed E-state index contributed by atoms with van der Waals surface area (Å²) in [5.41, 5.74) is 0.136. The van der Waals surface area contributed by atoms with E-state index in [9.17, 15) is 4.79 Å². The quantitative estimate of drug-likeness (QED) is 0.762. The Morgan fingerprint density at radius 1 is 1.42 bits per heavy atom. The summed E-state index contributed by atoms with van der Waals surface area (Å²) in [7, 11) is 0. The second-order valence-electron chi connectivity index (χ2n) is 4.76. The minimum Gasteiger partial charge on any atom is -0.443 e. The first-order chi connectivity index (χ1) is 9.17. The van der Waals surface area contributed by atoms with Gasteiger partial charge in [0.05, 0.1) is 12.7 Å². The molecule has 2 rings (SSSR count). The molecule has 0 N–H and O–H groups in total. The van der Waals surface area contributed by atoms with Gasteiger partial charge in [-0.05, 0) is 5.56 Å². The van der Waals surface area contributed by atoms with E-state index < -0.39 is 5.60 Å². The molecule has 1 aliphatic carbocycles. The molecule has 0 atom stereocenters. The van der Waals surface area contributed by atoms with Gasteiger partial charge in [0, 0.05) is 19.3 Å². The van der Waals surface area contributed by atoms with Gasteiger partial charge in [-0.25, -0.2) is 0 Å². The number of rotatable bonds is 5. The summed E-state index contributed by atoms with van der Waals surface area (Å²) >= 11 is 0. The summed E-state index contributed by atoms with van der Waals surface area (Å²) in [5.74, 6) is -0.331. The van der Waals surface area contributed by atoms with Crippen LogP contribution in [0.1, 0.15) is 31.7 Å². The Morgan fingerprint density at radius 3 is 2.68 bits per heavy atom. The van der Waals surface area contributed by atoms with Gasteiger partial charge in [0.1, 0.15) is 6.07 Å². The molecule has 4 nitrogen and oxygen atoms in total. The molecular weight excluding hydrogens is 242 g/mol. The normalized spacial score (nSPS) is 25.2. The first-order valence-electron chi connectivity index (χ1n) is 6.46. The summed E-state index contributed by atoms with van der Waals surface area (Å²) in [6.45, 7) is 2.24. The molecule has 1 aromatic rings. The zero-order valence-corrected chi connectivity index (χ0v) is 11.0. The monoisotopic (exact) mass is 259 g/mol. The van der Waals surface area contributed by atoms with Crippen molar-refractivity contribution in [1.29, 1.82) is 5.26 Å². The van der Waals surface area contributed by atoms with Crippen molar-refractivity contribution in [3.05, 3.63) is 35.9 Å². The molecule has 0 unspecified atom stereocenters. The number of esters is 1. The highest BCUT2D eigenvalue weighted by Gasteiger charge is 2.48. The molecule has 0 spiro atoms. The summed E-state index contributed by atoms with van der Waals surface area (Å²) < 4.78 is 10.9. The van der Waals surface area contributed by atoms with E-state index in [0.717, 1.165) is 5.56 Å². The van der Waals surface area contributed by atoms with Crippen LogP contribution in [0.4, 0.5) is 0 Å². The molecule has 1 fully saturated rings. The van der Waals surface area contributed by atoms with Gasteiger partial charge in [-0.15, -0.1) is 0 Å². The van der Waals surface area contributed by atoms with Crippen molar-refractivity contribution in [2.45, 2.75) is 44.5 Å². The first-order valence-corrected chi connectivity index (χ1v) is 6.46. The molecule has 0 bridgehead atoms. The smallest absolute Gasteiger partial charge is 0.307 e. The Morgan fingerprint density at radius 2 is 2.11 bits per heavy atom. The minimum absolute atomic E-state index is 0.00971. The van der Waals surface area contributed by atoms with Crippen LogP contribution in [-0.4, -0.2) is 17.7 Å². The zero-order chi connectivity index (χ0) is 13.7. The number of hydrogen-bond donors (Lipinski definition) is 0. The van der Waals surface area contributed by atoms with Crippen molar-refractivity contribution in [1.82, 2.24) is 0 Å². The molecule has 19 heavy (non-hydrogen) atoms. The zero-order valence-electron chi connectivity index (χ0n) is 11.0. The third kappa shape index (κ3) is 3.33. The van der Waals surface area contributed by atoms with Crippen LogP contribution in [0, 0.1) is 11.3 Å². The predicted octanol–water partition coefficient (Wildman–Crippen LogP) is 2.58. The Balaban J connectivity index is 1.79. The predicted molar refractivity (Wildman–Crippen MR) is 69.0 cm³/mol. The number of hydrogen-bond acceptors (Lipinski definition) is 4. The molecule has 0 saturated heterocycles. The van der Waals surface area contributed by atoms with Crippen molar-refractivity contribution in [3.63, 3.8) is 0 Å². The summed E-state index contributed by atoms with van der Waals surface area (Å²) in [6, 6.07) is 11.9. The lowest BCUT2D eigenvalue weighted by molar-refractivity contribution is -0.177. The summed E-state index contributed by atoms with van der Waals surface area (Å²) in [6.07, 6.45) is 1.20. The second kappa shape index (κ2) is 5.85. The van der Waals surface area contributed by atoms with Crippen LogP contribution in [0.5, 0.6) is 0 Å². The molecular formula is C15H17NO3. The van der Waals surface area contributed by atoms with E-state index in [1.54, 1.807) is 6.92 Å². The average molecular weight is 259 g/mol. The molecule has 1 aromatic carbocycles. The standard InChI is InChI=1S/C15H17NO3/c1-2-14(17)19-15(11-16)8-13(9-15)18-10-12-6-4-3-5-7-12/h3-7,13H,2,8-10H2,1H3. The maximum atomic E-state index is 11.3. The summed E-state index contributed by atoms with van der Waals surface area (Å²) in [5, 5.41) is 9.10. The number of carbonyl (C=O) groups is 1. The van der Waals surface area contributed by atoms with Crippen LogP contribution in [0.25, 0.3) is 0 Å². The van der Waals surface area contributed by atoms with Crippen molar-refractivity contribution in [2.24, 2.45) is 0 Å². The van der Waals surface area contributed by atoms with Crippen molar-refractivity contribution >= 4 is 5.97 Å². The van der Waals surface area contributed by atoms with Gasteiger partial charge < -0.3 is 9.47 Å². The van der Waals surface area contributed by atoms with Gasteiger partial charge in [-0.3, -0.25) is 4.79 Å². The molecule has 0 heterocycles. The highest BCUT2D eigenvalue weighted by molar-refractivity contribution is 5.70. The molecule has 4 heteroatoms. The number of benzene rings is 1. The Bertz CT molecular complexity index is 472. The van der Waals surface area contributed by atoms with Gasteiger partial charge in [-0.2, -0.15) is 5.26 Å². The van der Waals surface area contributed by atoms with E-state index in [2.05, 4.69) is 6.07 Å². The molecule has 0 radical (unpaired) electrons. The molecule has 0 amide bonds. The molecule has 100 valence electrons. The van der Waals surface area contributed by atoms with Gasteiger partial charge in [0.15, 0.2) is 0 Å². The lowest BCUT2D eigenvalue weighted by atomic mass is 9.78. The Kier molecular flexibility index (Phi) is 4.18. The second-order valence-corrected chi connectivity index (χ2v) is 4.76. The fraction of sp³-hybridized carbons (Fsp3) is 0.467. The maximum absolute atomic E-state index is 11.3. The Labute approximate surface area is 112 Å². The third-order valence-corrected chi connectivity index (χ3v) is 3.24. The van der Waals surface area contributed by atoms with Crippen molar-refractivity contribution in [3.8, 4) is 6.07 Å². The van der Waals surface area contributed by atoms with Crippen LogP contribution in [0.15, 0.2) is 30.3 Å². The van der Waals surface area contributed by atoms with Gasteiger partial charge in [-0.1, -0.05) is 37.3 Å². The van der Waals surface area contributed by atoms with E-state index in [1.807, 2.05) is 30.3 Å². The van der Waals surface area contributed by atoms with Crippen LogP contribution in [-0.2, 0) is 20.9 Å². The SMILES string of the molecule is CCC(=O)OC1(C#N)CC(OCc2ccccc2)C1. The van der Waals surface area contributed by atoms with E-state index >= 15 is 0 Å². The lowest BCUT2D eigenvalue weighted by Gasteiger charge is -2.41. The third-order valence-electron chi connectivity index (χ3n) is 3.24. The fourth-order valence-electron chi connectivity index (χ4n) is 2.07. The van der Waals surface area contributed by atoms with Crippen molar-refractivity contribution < 1.29 is 14.3 Å². The number of nitrogens with zero attached hydrogens (tertiary/aromatic N) is 1. The first kappa shape index (κ1) is 13.6. The van der Waals surface area contributed by atoms with Crippen LogP contribution < -0.4 is 0 Å². The maximum Gasteiger partial charge on any atom is 0.307 e. The van der Waals surface area contributed by atoms with E-state index in [4.69, 9.17) is 14.7 Å². The highest BCUT2D eigenvalue weighted by atomic mass is 16.6. The topological polar surface area (TPSA) is 59.3 Å². The number of nitriles is 1. The van der Waals surface area contributed by atoms with E-state index in [0.29, 0.717) is 25.9 Å².